The summed E-state index contributed by atoms with van der Waals surface area (Å²) in [7, 11) is 0. The van der Waals surface area contributed by atoms with Gasteiger partial charge in [0.15, 0.2) is 23.4 Å². The van der Waals surface area contributed by atoms with E-state index in [1.807, 2.05) is 0 Å². The van der Waals surface area contributed by atoms with Gasteiger partial charge in [0.05, 0.1) is 18.3 Å². The van der Waals surface area contributed by atoms with Crippen LogP contribution in [0.5, 0.6) is 0 Å². The molecule has 0 bridgehead atoms. The third kappa shape index (κ3) is 5.58. The van der Waals surface area contributed by atoms with Crippen molar-refractivity contribution in [3.63, 3.8) is 0 Å². The number of hydrogen-bond donors (Lipinski definition) is 2. The lowest BCUT2D eigenvalue weighted by Gasteiger charge is -2.15. The average Bonchev–Trinajstić information content (AvgIpc) is 3.19. The van der Waals surface area contributed by atoms with Crippen LogP contribution in [0.4, 0.5) is 22.0 Å². The number of aliphatic hydroxyl groups is 1. The minimum absolute atomic E-state index is 0.0188. The maximum Gasteiger partial charge on any atom is 0.416 e. The highest BCUT2D eigenvalue weighted by atomic mass is 35.5. The minimum Gasteiger partial charge on any atom is -0.382 e. The number of carbonyl (C=O) groups is 1. The van der Waals surface area contributed by atoms with Gasteiger partial charge in [-0.3, -0.25) is 9.36 Å². The summed E-state index contributed by atoms with van der Waals surface area (Å²) in [5, 5.41) is 20.5. The van der Waals surface area contributed by atoms with Crippen molar-refractivity contribution >= 4 is 17.5 Å². The molecule has 5 rings (SSSR count). The molecule has 1 aliphatic rings. The normalized spacial score (nSPS) is 17.0. The number of halogens is 6. The summed E-state index contributed by atoms with van der Waals surface area (Å²) in [6.45, 7) is -1.51. The summed E-state index contributed by atoms with van der Waals surface area (Å²) >= 11 is 5.89. The third-order valence-corrected chi connectivity index (χ3v) is 6.22. The molecule has 40 heavy (non-hydrogen) atoms. The van der Waals surface area contributed by atoms with E-state index in [4.69, 9.17) is 11.6 Å². The highest BCUT2D eigenvalue weighted by Crippen LogP contribution is 2.41. The van der Waals surface area contributed by atoms with Gasteiger partial charge in [0, 0.05) is 23.2 Å². The Bertz CT molecular complexity index is 1620. The quantitative estimate of drug-likeness (QED) is 0.304. The first kappa shape index (κ1) is 27.4. The van der Waals surface area contributed by atoms with E-state index in [9.17, 15) is 36.6 Å². The molecule has 2 unspecified atom stereocenters. The Kier molecular flexibility index (Phi) is 6.91. The highest BCUT2D eigenvalue weighted by Gasteiger charge is 2.58. The zero-order valence-electron chi connectivity index (χ0n) is 20.1. The van der Waals surface area contributed by atoms with Crippen LogP contribution in [-0.4, -0.2) is 69.4 Å². The van der Waals surface area contributed by atoms with Gasteiger partial charge in [-0.2, -0.15) is 13.2 Å². The molecule has 1 fully saturated rings. The average molecular weight is 585 g/mol. The number of aromatic nitrogens is 7. The highest BCUT2D eigenvalue weighted by molar-refractivity contribution is 6.30. The first-order valence-electron chi connectivity index (χ1n) is 11.6. The first-order valence-corrected chi connectivity index (χ1v) is 11.9. The molecule has 1 saturated carbocycles. The standard InChI is InChI=1S/C23H18ClF5N8O3/c24-13-5-3-12(4-6-13)19-34-36(21(40)35(19)9-16(38)23(27,28)29)10-17-31-11-37(33-17)14-2-1-7-30-18(14)20(39)32-15-8-22(15,25)26/h1-7,11,15-16,38H,8-10H2,(H,32,39). The molecule has 2 N–H and O–H groups in total. The number of aliphatic hydroxyl groups excluding tert-OH is 1. The molecular formula is C23H18ClF5N8O3. The van der Waals surface area contributed by atoms with Gasteiger partial charge in [-0.1, -0.05) is 11.6 Å². The predicted molar refractivity (Wildman–Crippen MR) is 128 cm³/mol. The number of nitrogens with zero attached hydrogens (tertiary/aromatic N) is 7. The smallest absolute Gasteiger partial charge is 0.382 e. The number of benzene rings is 1. The molecule has 17 heteroatoms. The fraction of sp³-hybridized carbons (Fsp3) is 0.304. The molecular weight excluding hydrogens is 567 g/mol. The van der Waals surface area contributed by atoms with Gasteiger partial charge in [0.25, 0.3) is 11.8 Å². The van der Waals surface area contributed by atoms with Gasteiger partial charge >= 0.3 is 11.9 Å². The van der Waals surface area contributed by atoms with Crippen LogP contribution in [0, 0.1) is 0 Å². The summed E-state index contributed by atoms with van der Waals surface area (Å²) in [6.07, 6.45) is -5.82. The molecule has 0 spiro atoms. The van der Waals surface area contributed by atoms with Crippen molar-refractivity contribution in [2.75, 3.05) is 0 Å². The number of hydrogen-bond acceptors (Lipinski definition) is 7. The summed E-state index contributed by atoms with van der Waals surface area (Å²) < 4.78 is 68.3. The van der Waals surface area contributed by atoms with Gasteiger partial charge in [-0.15, -0.1) is 10.2 Å². The topological polar surface area (TPSA) is 133 Å². The van der Waals surface area contributed by atoms with E-state index < -0.39 is 55.4 Å². The van der Waals surface area contributed by atoms with Crippen molar-refractivity contribution in [3.05, 3.63) is 75.9 Å². The molecule has 4 aromatic rings. The summed E-state index contributed by atoms with van der Waals surface area (Å²) in [5.74, 6) is -4.01. The van der Waals surface area contributed by atoms with Crippen LogP contribution in [0.2, 0.25) is 5.02 Å². The molecule has 3 heterocycles. The number of rotatable bonds is 8. The van der Waals surface area contributed by atoms with Crippen molar-refractivity contribution in [1.82, 2.24) is 39.4 Å². The maximum absolute atomic E-state index is 13.2. The Morgan fingerprint density at radius 3 is 2.52 bits per heavy atom. The van der Waals surface area contributed by atoms with Crippen molar-refractivity contribution in [3.8, 4) is 17.1 Å². The number of nitrogens with one attached hydrogen (secondary N) is 1. The van der Waals surface area contributed by atoms with Crippen LogP contribution in [0.25, 0.3) is 17.1 Å². The molecule has 1 aliphatic carbocycles. The second-order valence-corrected chi connectivity index (χ2v) is 9.34. The minimum atomic E-state index is -4.98. The fourth-order valence-corrected chi connectivity index (χ4v) is 3.90. The van der Waals surface area contributed by atoms with E-state index in [1.54, 1.807) is 0 Å². The van der Waals surface area contributed by atoms with Crippen molar-refractivity contribution < 1.29 is 31.9 Å². The van der Waals surface area contributed by atoms with E-state index in [1.165, 1.54) is 48.9 Å². The van der Waals surface area contributed by atoms with E-state index in [0.717, 1.165) is 9.36 Å². The third-order valence-electron chi connectivity index (χ3n) is 5.97. The maximum atomic E-state index is 13.2. The molecule has 1 amide bonds. The monoisotopic (exact) mass is 584 g/mol. The summed E-state index contributed by atoms with van der Waals surface area (Å²) in [5.41, 5.74) is -0.804. The molecule has 3 aromatic heterocycles. The van der Waals surface area contributed by atoms with Gasteiger partial charge in [-0.05, 0) is 36.4 Å². The van der Waals surface area contributed by atoms with E-state index in [0.29, 0.717) is 9.59 Å². The van der Waals surface area contributed by atoms with Gasteiger partial charge < -0.3 is 10.4 Å². The van der Waals surface area contributed by atoms with Gasteiger partial charge in [-0.25, -0.2) is 32.9 Å². The zero-order valence-corrected chi connectivity index (χ0v) is 20.8. The Hall–Kier alpha value is -4.18. The number of carbonyl (C=O) groups excluding carboxylic acids is 1. The Labute approximate surface area is 225 Å². The second kappa shape index (κ2) is 10.1. The molecule has 2 atom stereocenters. The van der Waals surface area contributed by atoms with Gasteiger partial charge in [0.2, 0.25) is 0 Å². The van der Waals surface area contributed by atoms with E-state index in [-0.39, 0.29) is 28.6 Å². The van der Waals surface area contributed by atoms with Crippen LogP contribution in [0.3, 0.4) is 0 Å². The van der Waals surface area contributed by atoms with Crippen LogP contribution < -0.4 is 11.0 Å². The molecule has 0 aliphatic heterocycles. The Balaban J connectivity index is 1.44. The van der Waals surface area contributed by atoms with E-state index in [2.05, 4.69) is 25.5 Å². The second-order valence-electron chi connectivity index (χ2n) is 8.91. The predicted octanol–water partition coefficient (Wildman–Crippen LogP) is 2.45. The Morgan fingerprint density at radius 2 is 1.88 bits per heavy atom. The summed E-state index contributed by atoms with van der Waals surface area (Å²) in [6, 6.07) is 7.45. The summed E-state index contributed by atoms with van der Waals surface area (Å²) in [4.78, 5) is 33.6. The van der Waals surface area contributed by atoms with E-state index >= 15 is 0 Å². The van der Waals surface area contributed by atoms with Crippen LogP contribution in [-0.2, 0) is 13.1 Å². The van der Waals surface area contributed by atoms with Crippen LogP contribution >= 0.6 is 11.6 Å². The van der Waals surface area contributed by atoms with Crippen LogP contribution in [0.1, 0.15) is 22.7 Å². The largest absolute Gasteiger partial charge is 0.416 e. The molecule has 0 radical (unpaired) electrons. The lowest BCUT2D eigenvalue weighted by Crippen LogP contribution is -2.37. The van der Waals surface area contributed by atoms with Crippen LogP contribution in [0.15, 0.2) is 53.7 Å². The first-order chi connectivity index (χ1) is 18.8. The molecule has 210 valence electrons. The molecule has 11 nitrogen and oxygen atoms in total. The molecule has 0 saturated heterocycles. The van der Waals surface area contributed by atoms with Crippen molar-refractivity contribution in [2.24, 2.45) is 0 Å². The zero-order chi connectivity index (χ0) is 28.8. The number of pyridine rings is 1. The number of amides is 1. The van der Waals surface area contributed by atoms with Gasteiger partial charge in [0.1, 0.15) is 12.9 Å². The van der Waals surface area contributed by atoms with Crippen molar-refractivity contribution in [1.29, 1.82) is 0 Å². The number of alkyl halides is 5. The molecule has 1 aromatic carbocycles. The lowest BCUT2D eigenvalue weighted by atomic mass is 10.2. The SMILES string of the molecule is O=C(NC1CC1(F)F)c1ncccc1-n1cnc(Cn2nc(-c3ccc(Cl)cc3)n(CC(O)C(F)(F)F)c2=O)n1. The van der Waals surface area contributed by atoms with Crippen molar-refractivity contribution in [2.45, 2.75) is 43.8 Å². The fourth-order valence-electron chi connectivity index (χ4n) is 3.77. The lowest BCUT2D eigenvalue weighted by molar-refractivity contribution is -0.207. The Morgan fingerprint density at radius 1 is 1.18 bits per heavy atom.